The second kappa shape index (κ2) is 3.53. The van der Waals surface area contributed by atoms with E-state index in [1.165, 1.54) is 4.40 Å². The first kappa shape index (κ1) is 9.40. The fraction of sp³-hybridized carbons (Fsp3) is 0.200. The Hall–Kier alpha value is -1.16. The fourth-order valence-corrected chi connectivity index (χ4v) is 1.63. The smallest absolute Gasteiger partial charge is 0.258 e. The van der Waals surface area contributed by atoms with Gasteiger partial charge in [0.05, 0.1) is 0 Å². The molecule has 0 atom stereocenters. The molecule has 0 fully saturated rings. The molecule has 0 amide bonds. The van der Waals surface area contributed by atoms with Crippen molar-refractivity contribution in [1.82, 2.24) is 9.38 Å². The van der Waals surface area contributed by atoms with Crippen LogP contribution in [0.1, 0.15) is 12.6 Å². The topological polar surface area (TPSA) is 34.4 Å². The molecule has 0 radical (unpaired) electrons. The lowest BCUT2D eigenvalue weighted by Crippen LogP contribution is -2.14. The van der Waals surface area contributed by atoms with E-state index in [0.29, 0.717) is 5.65 Å². The van der Waals surface area contributed by atoms with E-state index in [-0.39, 0.29) is 5.56 Å². The number of pyridine rings is 1. The lowest BCUT2D eigenvalue weighted by atomic mass is 10.3. The maximum absolute atomic E-state index is 11.6. The standard InChI is InChI=1S/C10H9BrN2O/c1-2-8-6-10(14)13-4-3-7(11)5-9(13)12-8/h3-6H,2H2,1H3. The van der Waals surface area contributed by atoms with Gasteiger partial charge in [0.25, 0.3) is 5.56 Å². The summed E-state index contributed by atoms with van der Waals surface area (Å²) >= 11 is 3.35. The molecule has 14 heavy (non-hydrogen) atoms. The summed E-state index contributed by atoms with van der Waals surface area (Å²) in [5.41, 5.74) is 1.48. The molecule has 0 N–H and O–H groups in total. The van der Waals surface area contributed by atoms with Gasteiger partial charge in [-0.3, -0.25) is 9.20 Å². The van der Waals surface area contributed by atoms with Crippen LogP contribution >= 0.6 is 15.9 Å². The highest BCUT2D eigenvalue weighted by atomic mass is 79.9. The predicted molar refractivity (Wildman–Crippen MR) is 58.5 cm³/mol. The summed E-state index contributed by atoms with van der Waals surface area (Å²) in [5, 5.41) is 0. The predicted octanol–water partition coefficient (Wildman–Crippen LogP) is 2.02. The molecule has 4 heteroatoms. The van der Waals surface area contributed by atoms with E-state index < -0.39 is 0 Å². The number of aromatic nitrogens is 2. The van der Waals surface area contributed by atoms with Crippen LogP contribution < -0.4 is 5.56 Å². The summed E-state index contributed by atoms with van der Waals surface area (Å²) in [4.78, 5) is 15.9. The monoisotopic (exact) mass is 252 g/mol. The van der Waals surface area contributed by atoms with E-state index >= 15 is 0 Å². The van der Waals surface area contributed by atoms with Crippen molar-refractivity contribution in [1.29, 1.82) is 0 Å². The van der Waals surface area contributed by atoms with E-state index in [1.807, 2.05) is 19.1 Å². The third-order valence-corrected chi connectivity index (χ3v) is 2.54. The average molecular weight is 253 g/mol. The van der Waals surface area contributed by atoms with E-state index in [1.54, 1.807) is 12.3 Å². The molecule has 0 aliphatic rings. The van der Waals surface area contributed by atoms with Crippen LogP contribution in [0.2, 0.25) is 0 Å². The van der Waals surface area contributed by atoms with Crippen LogP contribution in [0.15, 0.2) is 33.7 Å². The van der Waals surface area contributed by atoms with Gasteiger partial charge in [0.15, 0.2) is 0 Å². The van der Waals surface area contributed by atoms with Crippen LogP contribution in [0.25, 0.3) is 5.65 Å². The molecule has 0 bridgehead atoms. The average Bonchev–Trinajstić information content (AvgIpc) is 2.16. The van der Waals surface area contributed by atoms with Crippen molar-refractivity contribution in [3.63, 3.8) is 0 Å². The second-order valence-corrected chi connectivity index (χ2v) is 3.93. The van der Waals surface area contributed by atoms with Crippen LogP contribution in [0, 0.1) is 0 Å². The molecule has 0 unspecified atom stereocenters. The zero-order valence-electron chi connectivity index (χ0n) is 7.70. The first-order chi connectivity index (χ1) is 6.70. The highest BCUT2D eigenvalue weighted by Gasteiger charge is 2.00. The maximum atomic E-state index is 11.6. The van der Waals surface area contributed by atoms with Gasteiger partial charge in [-0.2, -0.15) is 0 Å². The first-order valence-electron chi connectivity index (χ1n) is 4.38. The number of rotatable bonds is 1. The maximum Gasteiger partial charge on any atom is 0.258 e. The lowest BCUT2D eigenvalue weighted by molar-refractivity contribution is 0.964. The van der Waals surface area contributed by atoms with Gasteiger partial charge in [0, 0.05) is 22.4 Å². The Labute approximate surface area is 89.5 Å². The van der Waals surface area contributed by atoms with E-state index in [0.717, 1.165) is 16.6 Å². The first-order valence-corrected chi connectivity index (χ1v) is 5.18. The summed E-state index contributed by atoms with van der Waals surface area (Å²) in [5.74, 6) is 0. The Morgan fingerprint density at radius 3 is 3.00 bits per heavy atom. The quantitative estimate of drug-likeness (QED) is 0.779. The van der Waals surface area contributed by atoms with Gasteiger partial charge in [-0.25, -0.2) is 4.98 Å². The van der Waals surface area contributed by atoms with Gasteiger partial charge in [-0.1, -0.05) is 22.9 Å². The number of hydrogen-bond donors (Lipinski definition) is 0. The third-order valence-electron chi connectivity index (χ3n) is 2.04. The third kappa shape index (κ3) is 1.57. The summed E-state index contributed by atoms with van der Waals surface area (Å²) in [6, 6.07) is 5.23. The minimum absolute atomic E-state index is 0.0284. The Morgan fingerprint density at radius 1 is 1.50 bits per heavy atom. The molecular formula is C10H9BrN2O. The Kier molecular flexibility index (Phi) is 2.37. The Bertz CT molecular complexity index is 533. The van der Waals surface area contributed by atoms with Crippen LogP contribution in [-0.2, 0) is 6.42 Å². The second-order valence-electron chi connectivity index (χ2n) is 3.01. The molecule has 0 saturated heterocycles. The van der Waals surface area contributed by atoms with Gasteiger partial charge < -0.3 is 0 Å². The minimum atomic E-state index is -0.0284. The summed E-state index contributed by atoms with van der Waals surface area (Å²) in [6.45, 7) is 1.98. The number of fused-ring (bicyclic) bond motifs is 1. The van der Waals surface area contributed by atoms with E-state index in [4.69, 9.17) is 0 Å². The lowest BCUT2D eigenvalue weighted by Gasteiger charge is -2.01. The van der Waals surface area contributed by atoms with Crippen LogP contribution in [0.5, 0.6) is 0 Å². The van der Waals surface area contributed by atoms with Crippen molar-refractivity contribution in [3.8, 4) is 0 Å². The van der Waals surface area contributed by atoms with Gasteiger partial charge >= 0.3 is 0 Å². The van der Waals surface area contributed by atoms with E-state index in [9.17, 15) is 4.79 Å². The van der Waals surface area contributed by atoms with Crippen molar-refractivity contribution in [2.24, 2.45) is 0 Å². The van der Waals surface area contributed by atoms with Gasteiger partial charge in [-0.05, 0) is 18.6 Å². The van der Waals surface area contributed by atoms with Crippen LogP contribution in [0.4, 0.5) is 0 Å². The molecule has 2 aromatic rings. The summed E-state index contributed by atoms with van der Waals surface area (Å²) < 4.78 is 2.46. The molecule has 0 aliphatic carbocycles. The molecule has 0 saturated carbocycles. The molecule has 3 nitrogen and oxygen atoms in total. The zero-order chi connectivity index (χ0) is 10.1. The summed E-state index contributed by atoms with van der Waals surface area (Å²) in [7, 11) is 0. The molecule has 72 valence electrons. The van der Waals surface area contributed by atoms with Crippen molar-refractivity contribution < 1.29 is 0 Å². The highest BCUT2D eigenvalue weighted by Crippen LogP contribution is 2.10. The molecule has 2 aromatic heterocycles. The largest absolute Gasteiger partial charge is 0.269 e. The zero-order valence-corrected chi connectivity index (χ0v) is 9.28. The number of hydrogen-bond acceptors (Lipinski definition) is 2. The molecule has 2 heterocycles. The number of nitrogens with zero attached hydrogens (tertiary/aromatic N) is 2. The van der Waals surface area contributed by atoms with E-state index in [2.05, 4.69) is 20.9 Å². The molecule has 0 aliphatic heterocycles. The van der Waals surface area contributed by atoms with Gasteiger partial charge in [0.2, 0.25) is 0 Å². The molecule has 2 rings (SSSR count). The number of halogens is 1. The fourth-order valence-electron chi connectivity index (χ4n) is 1.31. The normalized spacial score (nSPS) is 10.7. The van der Waals surface area contributed by atoms with Gasteiger partial charge in [0.1, 0.15) is 5.65 Å². The van der Waals surface area contributed by atoms with Crippen molar-refractivity contribution in [3.05, 3.63) is 44.9 Å². The minimum Gasteiger partial charge on any atom is -0.269 e. The van der Waals surface area contributed by atoms with Crippen molar-refractivity contribution in [2.45, 2.75) is 13.3 Å². The van der Waals surface area contributed by atoms with Crippen molar-refractivity contribution >= 4 is 21.6 Å². The van der Waals surface area contributed by atoms with Crippen molar-refractivity contribution in [2.75, 3.05) is 0 Å². The summed E-state index contributed by atoms with van der Waals surface area (Å²) in [6.07, 6.45) is 2.49. The molecule has 0 aromatic carbocycles. The Balaban J connectivity index is 2.84. The molecular weight excluding hydrogens is 244 g/mol. The SMILES string of the molecule is CCc1cc(=O)n2ccc(Br)cc2n1. The van der Waals surface area contributed by atoms with Crippen LogP contribution in [-0.4, -0.2) is 9.38 Å². The van der Waals surface area contributed by atoms with Crippen LogP contribution in [0.3, 0.4) is 0 Å². The highest BCUT2D eigenvalue weighted by molar-refractivity contribution is 9.10. The van der Waals surface area contributed by atoms with Gasteiger partial charge in [-0.15, -0.1) is 0 Å². The molecule has 0 spiro atoms. The Morgan fingerprint density at radius 2 is 2.29 bits per heavy atom. The number of aryl methyl sites for hydroxylation is 1.